The third-order valence-electron chi connectivity index (χ3n) is 2.35. The van der Waals surface area contributed by atoms with Crippen LogP contribution < -0.4 is 14.8 Å². The quantitative estimate of drug-likeness (QED) is 0.743. The van der Waals surface area contributed by atoms with Crippen molar-refractivity contribution in [3.8, 4) is 11.5 Å². The second-order valence-corrected chi connectivity index (χ2v) is 3.60. The molecule has 5 heteroatoms. The SMILES string of the molecule is CCOc1cc(CNCC(=O)OC)ccc1OC. The van der Waals surface area contributed by atoms with E-state index in [-0.39, 0.29) is 12.5 Å². The van der Waals surface area contributed by atoms with Gasteiger partial charge < -0.3 is 19.5 Å². The van der Waals surface area contributed by atoms with Crippen LogP contribution in [0.3, 0.4) is 0 Å². The molecule has 1 aromatic carbocycles. The molecule has 0 spiro atoms. The largest absolute Gasteiger partial charge is 0.493 e. The van der Waals surface area contributed by atoms with Crippen molar-refractivity contribution in [2.24, 2.45) is 0 Å². The van der Waals surface area contributed by atoms with E-state index in [1.807, 2.05) is 25.1 Å². The maximum Gasteiger partial charge on any atom is 0.319 e. The van der Waals surface area contributed by atoms with Crippen molar-refractivity contribution in [3.05, 3.63) is 23.8 Å². The summed E-state index contributed by atoms with van der Waals surface area (Å²) in [5.74, 6) is 1.12. The fourth-order valence-corrected chi connectivity index (χ4v) is 1.48. The van der Waals surface area contributed by atoms with Crippen molar-refractivity contribution >= 4 is 5.97 Å². The van der Waals surface area contributed by atoms with Crippen LogP contribution in [-0.2, 0) is 16.1 Å². The number of hydrogen-bond acceptors (Lipinski definition) is 5. The van der Waals surface area contributed by atoms with Crippen LogP contribution in [0.1, 0.15) is 12.5 Å². The Morgan fingerprint density at radius 1 is 1.28 bits per heavy atom. The number of rotatable bonds is 7. The van der Waals surface area contributed by atoms with Gasteiger partial charge in [0.05, 0.1) is 27.4 Å². The third kappa shape index (κ3) is 4.25. The highest BCUT2D eigenvalue weighted by atomic mass is 16.5. The first-order valence-electron chi connectivity index (χ1n) is 5.78. The van der Waals surface area contributed by atoms with Crippen molar-refractivity contribution < 1.29 is 19.0 Å². The summed E-state index contributed by atoms with van der Waals surface area (Å²) in [5, 5.41) is 2.99. The lowest BCUT2D eigenvalue weighted by Gasteiger charge is -2.11. The molecule has 0 heterocycles. The van der Waals surface area contributed by atoms with Gasteiger partial charge >= 0.3 is 5.97 Å². The summed E-state index contributed by atoms with van der Waals surface area (Å²) in [4.78, 5) is 10.9. The Kier molecular flexibility index (Phi) is 6.00. The Balaban J connectivity index is 2.61. The number of carbonyl (C=O) groups excluding carboxylic acids is 1. The van der Waals surface area contributed by atoms with Crippen LogP contribution in [0, 0.1) is 0 Å². The first-order valence-corrected chi connectivity index (χ1v) is 5.78. The number of nitrogens with one attached hydrogen (secondary N) is 1. The van der Waals surface area contributed by atoms with Crippen LogP contribution in [0.15, 0.2) is 18.2 Å². The van der Waals surface area contributed by atoms with Crippen LogP contribution in [0.4, 0.5) is 0 Å². The maximum absolute atomic E-state index is 10.9. The molecule has 0 fully saturated rings. The molecule has 0 aliphatic heterocycles. The molecule has 1 rings (SSSR count). The predicted octanol–water partition coefficient (Wildman–Crippen LogP) is 1.36. The van der Waals surface area contributed by atoms with Crippen LogP contribution in [0.2, 0.25) is 0 Å². The summed E-state index contributed by atoms with van der Waals surface area (Å²) < 4.78 is 15.2. The van der Waals surface area contributed by atoms with Crippen LogP contribution in [0.25, 0.3) is 0 Å². The first kappa shape index (κ1) is 14.3. The molecule has 18 heavy (non-hydrogen) atoms. The average Bonchev–Trinajstić information content (AvgIpc) is 2.39. The van der Waals surface area contributed by atoms with Gasteiger partial charge in [0.1, 0.15) is 0 Å². The van der Waals surface area contributed by atoms with E-state index in [9.17, 15) is 4.79 Å². The molecular formula is C13H19NO4. The molecule has 1 aromatic rings. The van der Waals surface area contributed by atoms with Gasteiger partial charge in [0.25, 0.3) is 0 Å². The molecule has 0 aromatic heterocycles. The summed E-state index contributed by atoms with van der Waals surface area (Å²) in [6.45, 7) is 3.25. The topological polar surface area (TPSA) is 56.8 Å². The second-order valence-electron chi connectivity index (χ2n) is 3.60. The van der Waals surface area contributed by atoms with Crippen LogP contribution in [0.5, 0.6) is 11.5 Å². The molecule has 0 radical (unpaired) electrons. The van der Waals surface area contributed by atoms with E-state index >= 15 is 0 Å². The van der Waals surface area contributed by atoms with Crippen molar-refractivity contribution in [2.75, 3.05) is 27.4 Å². The van der Waals surface area contributed by atoms with E-state index in [0.29, 0.717) is 24.7 Å². The van der Waals surface area contributed by atoms with Crippen molar-refractivity contribution in [1.29, 1.82) is 0 Å². The summed E-state index contributed by atoms with van der Waals surface area (Å²) in [5.41, 5.74) is 1.02. The highest BCUT2D eigenvalue weighted by Crippen LogP contribution is 2.27. The molecule has 100 valence electrons. The molecular weight excluding hydrogens is 234 g/mol. The van der Waals surface area contributed by atoms with Gasteiger partial charge in [-0.1, -0.05) is 6.07 Å². The molecule has 0 bridgehead atoms. The Bertz CT molecular complexity index is 393. The Morgan fingerprint density at radius 3 is 2.67 bits per heavy atom. The molecule has 0 atom stereocenters. The zero-order valence-corrected chi connectivity index (χ0v) is 11.0. The minimum atomic E-state index is -0.284. The smallest absolute Gasteiger partial charge is 0.319 e. The fourth-order valence-electron chi connectivity index (χ4n) is 1.48. The highest BCUT2D eigenvalue weighted by Gasteiger charge is 2.05. The normalized spacial score (nSPS) is 9.94. The standard InChI is InChI=1S/C13H19NO4/c1-4-18-12-7-10(5-6-11(12)16-2)8-14-9-13(15)17-3/h5-7,14H,4,8-9H2,1-3H3. The van der Waals surface area contributed by atoms with E-state index in [1.165, 1.54) is 7.11 Å². The molecule has 0 unspecified atom stereocenters. The Hall–Kier alpha value is -1.75. The number of methoxy groups -OCH3 is 2. The number of benzene rings is 1. The number of ether oxygens (including phenoxy) is 3. The van der Waals surface area contributed by atoms with Gasteiger partial charge in [0.2, 0.25) is 0 Å². The molecule has 0 saturated carbocycles. The van der Waals surface area contributed by atoms with E-state index in [1.54, 1.807) is 7.11 Å². The van der Waals surface area contributed by atoms with E-state index < -0.39 is 0 Å². The number of carbonyl (C=O) groups is 1. The van der Waals surface area contributed by atoms with Gasteiger partial charge in [-0.05, 0) is 24.6 Å². The zero-order valence-electron chi connectivity index (χ0n) is 11.0. The van der Waals surface area contributed by atoms with Gasteiger partial charge in [0.15, 0.2) is 11.5 Å². The molecule has 0 aliphatic carbocycles. The highest BCUT2D eigenvalue weighted by molar-refractivity contribution is 5.71. The first-order chi connectivity index (χ1) is 8.71. The molecule has 0 aliphatic rings. The van der Waals surface area contributed by atoms with E-state index in [4.69, 9.17) is 9.47 Å². The van der Waals surface area contributed by atoms with E-state index in [2.05, 4.69) is 10.1 Å². The summed E-state index contributed by atoms with van der Waals surface area (Å²) >= 11 is 0. The van der Waals surface area contributed by atoms with Crippen molar-refractivity contribution in [3.63, 3.8) is 0 Å². The average molecular weight is 253 g/mol. The summed E-state index contributed by atoms with van der Waals surface area (Å²) in [7, 11) is 2.97. The minimum Gasteiger partial charge on any atom is -0.493 e. The third-order valence-corrected chi connectivity index (χ3v) is 2.35. The van der Waals surface area contributed by atoms with Gasteiger partial charge in [-0.15, -0.1) is 0 Å². The number of hydrogen-bond donors (Lipinski definition) is 1. The van der Waals surface area contributed by atoms with Gasteiger partial charge in [-0.25, -0.2) is 0 Å². The Morgan fingerprint density at radius 2 is 2.06 bits per heavy atom. The van der Waals surface area contributed by atoms with E-state index in [0.717, 1.165) is 5.56 Å². The molecule has 0 saturated heterocycles. The predicted molar refractivity (Wildman–Crippen MR) is 67.9 cm³/mol. The second kappa shape index (κ2) is 7.55. The van der Waals surface area contributed by atoms with Crippen molar-refractivity contribution in [1.82, 2.24) is 5.32 Å². The zero-order chi connectivity index (χ0) is 13.4. The lowest BCUT2D eigenvalue weighted by atomic mass is 10.2. The van der Waals surface area contributed by atoms with Crippen molar-refractivity contribution in [2.45, 2.75) is 13.5 Å². The molecule has 1 N–H and O–H groups in total. The Labute approximate surface area is 107 Å². The lowest BCUT2D eigenvalue weighted by molar-refractivity contribution is -0.139. The summed E-state index contributed by atoms with van der Waals surface area (Å²) in [6.07, 6.45) is 0. The van der Waals surface area contributed by atoms with Gasteiger partial charge in [-0.2, -0.15) is 0 Å². The van der Waals surface area contributed by atoms with Gasteiger partial charge in [0, 0.05) is 6.54 Å². The lowest BCUT2D eigenvalue weighted by Crippen LogP contribution is -2.23. The van der Waals surface area contributed by atoms with Crippen LogP contribution in [-0.4, -0.2) is 33.3 Å². The maximum atomic E-state index is 10.9. The van der Waals surface area contributed by atoms with Crippen LogP contribution >= 0.6 is 0 Å². The fraction of sp³-hybridized carbons (Fsp3) is 0.462. The monoisotopic (exact) mass is 253 g/mol. The molecule has 0 amide bonds. The number of esters is 1. The summed E-state index contributed by atoms with van der Waals surface area (Å²) in [6, 6.07) is 5.67. The minimum absolute atomic E-state index is 0.187. The van der Waals surface area contributed by atoms with Gasteiger partial charge in [-0.3, -0.25) is 4.79 Å². The molecule has 5 nitrogen and oxygen atoms in total.